The van der Waals surface area contributed by atoms with Crippen molar-refractivity contribution in [2.24, 2.45) is 5.11 Å². The quantitative estimate of drug-likeness (QED) is 0.346. The Bertz CT molecular complexity index is 459. The molecule has 0 spiro atoms. The molecule has 1 aromatic rings. The molecule has 1 aromatic carbocycles. The van der Waals surface area contributed by atoms with Crippen LogP contribution in [0.2, 0.25) is 0 Å². The normalized spacial score (nSPS) is 15.9. The van der Waals surface area contributed by atoms with Crippen LogP contribution < -0.4 is 4.90 Å². The maximum atomic E-state index is 8.22. The molecule has 0 aromatic heterocycles. The fraction of sp³-hybridized carbons (Fsp3) is 0.600. The number of rotatable bonds is 6. The van der Waals surface area contributed by atoms with E-state index in [-0.39, 0.29) is 0 Å². The minimum atomic E-state index is 0.625. The number of anilines is 1. The van der Waals surface area contributed by atoms with E-state index in [0.29, 0.717) is 6.54 Å². The molecule has 1 aliphatic rings. The van der Waals surface area contributed by atoms with Crippen molar-refractivity contribution in [2.75, 3.05) is 44.2 Å². The summed E-state index contributed by atoms with van der Waals surface area (Å²) < 4.78 is 0. The molecular weight excluding hydrogens is 250 g/mol. The number of hydrogen-bond donors (Lipinski definition) is 0. The highest BCUT2D eigenvalue weighted by Crippen LogP contribution is 2.20. The van der Waals surface area contributed by atoms with E-state index >= 15 is 0 Å². The van der Waals surface area contributed by atoms with Crippen LogP contribution in [0.25, 0.3) is 10.4 Å². The molecule has 0 aliphatic carbocycles. The highest BCUT2D eigenvalue weighted by atomic mass is 15.3. The fourth-order valence-corrected chi connectivity index (χ4v) is 2.69. The topological polar surface area (TPSA) is 55.2 Å². The van der Waals surface area contributed by atoms with E-state index < -0.39 is 0 Å². The van der Waals surface area contributed by atoms with Crippen molar-refractivity contribution in [2.45, 2.75) is 19.8 Å². The second-order valence-electron chi connectivity index (χ2n) is 5.28. The van der Waals surface area contributed by atoms with Gasteiger partial charge in [0.2, 0.25) is 0 Å². The average molecular weight is 273 g/mol. The second-order valence-corrected chi connectivity index (χ2v) is 5.28. The van der Waals surface area contributed by atoms with Gasteiger partial charge >= 0.3 is 0 Å². The van der Waals surface area contributed by atoms with E-state index in [9.17, 15) is 0 Å². The smallest absolute Gasteiger partial charge is 0.0396 e. The van der Waals surface area contributed by atoms with E-state index in [4.69, 9.17) is 5.53 Å². The summed E-state index contributed by atoms with van der Waals surface area (Å²) in [5.74, 6) is 0. The SMILES string of the molecule is Cc1ccccc1N1CCN(CCCCN=[N+]=[N-])CC1. The van der Waals surface area contributed by atoms with E-state index in [0.717, 1.165) is 45.6 Å². The summed E-state index contributed by atoms with van der Waals surface area (Å²) in [6.07, 6.45) is 2.10. The number of aryl methyl sites for hydroxylation is 1. The van der Waals surface area contributed by atoms with E-state index in [1.165, 1.54) is 11.3 Å². The zero-order chi connectivity index (χ0) is 14.2. The van der Waals surface area contributed by atoms with Crippen LogP contribution >= 0.6 is 0 Å². The van der Waals surface area contributed by atoms with Gasteiger partial charge in [-0.25, -0.2) is 0 Å². The fourth-order valence-electron chi connectivity index (χ4n) is 2.69. The molecule has 5 nitrogen and oxygen atoms in total. The first-order valence-corrected chi connectivity index (χ1v) is 7.35. The number of nitrogens with zero attached hydrogens (tertiary/aromatic N) is 5. The second kappa shape index (κ2) is 7.78. The Morgan fingerprint density at radius 1 is 1.15 bits per heavy atom. The molecular formula is C15H23N5. The summed E-state index contributed by atoms with van der Waals surface area (Å²) in [5, 5.41) is 3.57. The number of para-hydroxylation sites is 1. The molecule has 5 heteroatoms. The molecule has 1 aliphatic heterocycles. The van der Waals surface area contributed by atoms with Crippen LogP contribution in [0.5, 0.6) is 0 Å². The van der Waals surface area contributed by atoms with Gasteiger partial charge in [0.15, 0.2) is 0 Å². The third kappa shape index (κ3) is 4.15. The molecule has 0 unspecified atom stereocenters. The highest BCUT2D eigenvalue weighted by molar-refractivity contribution is 5.53. The van der Waals surface area contributed by atoms with Crippen molar-refractivity contribution in [1.82, 2.24) is 4.90 Å². The molecule has 0 N–H and O–H groups in total. The molecule has 20 heavy (non-hydrogen) atoms. The molecule has 108 valence electrons. The van der Waals surface area contributed by atoms with Gasteiger partial charge in [-0.15, -0.1) is 0 Å². The molecule has 1 saturated heterocycles. The zero-order valence-corrected chi connectivity index (χ0v) is 12.2. The number of piperazine rings is 1. The lowest BCUT2D eigenvalue weighted by molar-refractivity contribution is 0.253. The average Bonchev–Trinajstić information content (AvgIpc) is 2.48. The van der Waals surface area contributed by atoms with Crippen LogP contribution in [0.4, 0.5) is 5.69 Å². The summed E-state index contributed by atoms with van der Waals surface area (Å²) in [6, 6.07) is 8.60. The molecule has 1 fully saturated rings. The molecule has 0 saturated carbocycles. The minimum absolute atomic E-state index is 0.625. The third-order valence-corrected chi connectivity index (χ3v) is 3.87. The van der Waals surface area contributed by atoms with E-state index in [1.807, 2.05) is 0 Å². The van der Waals surface area contributed by atoms with Crippen LogP contribution in [0.15, 0.2) is 29.4 Å². The van der Waals surface area contributed by atoms with Gasteiger partial charge in [0.25, 0.3) is 0 Å². The summed E-state index contributed by atoms with van der Waals surface area (Å²) in [5.41, 5.74) is 10.9. The highest BCUT2D eigenvalue weighted by Gasteiger charge is 2.17. The number of unbranched alkanes of at least 4 members (excludes halogenated alkanes) is 1. The summed E-state index contributed by atoms with van der Waals surface area (Å²) in [6.45, 7) is 8.35. The van der Waals surface area contributed by atoms with Crippen molar-refractivity contribution in [1.29, 1.82) is 0 Å². The van der Waals surface area contributed by atoms with Gasteiger partial charge in [0.1, 0.15) is 0 Å². The Hall–Kier alpha value is -1.71. The third-order valence-electron chi connectivity index (χ3n) is 3.87. The van der Waals surface area contributed by atoms with Crippen molar-refractivity contribution in [3.05, 3.63) is 40.3 Å². The maximum absolute atomic E-state index is 8.22. The largest absolute Gasteiger partial charge is 0.369 e. The van der Waals surface area contributed by atoms with Crippen LogP contribution in [0.3, 0.4) is 0 Å². The van der Waals surface area contributed by atoms with Gasteiger partial charge in [0.05, 0.1) is 0 Å². The molecule has 2 rings (SSSR count). The first kappa shape index (κ1) is 14.7. The lowest BCUT2D eigenvalue weighted by atomic mass is 10.1. The predicted octanol–water partition coefficient (Wildman–Crippen LogP) is 3.21. The van der Waals surface area contributed by atoms with Crippen molar-refractivity contribution in [3.63, 3.8) is 0 Å². The molecule has 0 amide bonds. The van der Waals surface area contributed by atoms with E-state index in [2.05, 4.69) is 51.0 Å². The molecule has 0 atom stereocenters. The Kier molecular flexibility index (Phi) is 5.71. The van der Waals surface area contributed by atoms with E-state index in [1.54, 1.807) is 0 Å². The van der Waals surface area contributed by atoms with Crippen LogP contribution in [-0.2, 0) is 0 Å². The Morgan fingerprint density at radius 2 is 1.90 bits per heavy atom. The van der Waals surface area contributed by atoms with Gasteiger partial charge < -0.3 is 4.90 Å². The predicted molar refractivity (Wildman–Crippen MR) is 83.1 cm³/mol. The van der Waals surface area contributed by atoms with Gasteiger partial charge in [-0.05, 0) is 43.5 Å². The van der Waals surface area contributed by atoms with Crippen molar-refractivity contribution < 1.29 is 0 Å². The number of azide groups is 1. The van der Waals surface area contributed by atoms with Crippen LogP contribution in [-0.4, -0.2) is 44.2 Å². The summed E-state index contributed by atoms with van der Waals surface area (Å²) in [4.78, 5) is 7.76. The zero-order valence-electron chi connectivity index (χ0n) is 12.2. The Morgan fingerprint density at radius 3 is 2.60 bits per heavy atom. The summed E-state index contributed by atoms with van der Waals surface area (Å²) >= 11 is 0. The minimum Gasteiger partial charge on any atom is -0.369 e. The number of benzene rings is 1. The first-order chi connectivity index (χ1) is 9.81. The lowest BCUT2D eigenvalue weighted by Crippen LogP contribution is -2.46. The molecule has 0 bridgehead atoms. The monoisotopic (exact) mass is 273 g/mol. The Balaban J connectivity index is 1.72. The summed E-state index contributed by atoms with van der Waals surface area (Å²) in [7, 11) is 0. The molecule has 1 heterocycles. The van der Waals surface area contributed by atoms with Crippen LogP contribution in [0.1, 0.15) is 18.4 Å². The Labute approximate surface area is 120 Å². The van der Waals surface area contributed by atoms with Gasteiger partial charge in [0, 0.05) is 43.3 Å². The number of hydrogen-bond acceptors (Lipinski definition) is 3. The molecule has 0 radical (unpaired) electrons. The van der Waals surface area contributed by atoms with Gasteiger partial charge in [-0.1, -0.05) is 23.3 Å². The van der Waals surface area contributed by atoms with Crippen molar-refractivity contribution >= 4 is 5.69 Å². The van der Waals surface area contributed by atoms with Gasteiger partial charge in [-0.3, -0.25) is 4.90 Å². The van der Waals surface area contributed by atoms with Crippen molar-refractivity contribution in [3.8, 4) is 0 Å². The lowest BCUT2D eigenvalue weighted by Gasteiger charge is -2.36. The van der Waals surface area contributed by atoms with Crippen LogP contribution in [0, 0.1) is 6.92 Å². The maximum Gasteiger partial charge on any atom is 0.0396 e. The van der Waals surface area contributed by atoms with Gasteiger partial charge in [-0.2, -0.15) is 0 Å². The first-order valence-electron chi connectivity index (χ1n) is 7.35. The standard InChI is InChI=1S/C15H23N5/c1-14-6-2-3-7-15(14)20-12-10-19(11-13-20)9-5-4-8-17-18-16/h2-3,6-7H,4-5,8-13H2,1H3.